The Hall–Kier alpha value is -1.11. The Morgan fingerprint density at radius 1 is 1.14 bits per heavy atom. The van der Waals surface area contributed by atoms with E-state index in [1.165, 1.54) is 0 Å². The third-order valence-corrected chi connectivity index (χ3v) is 6.54. The van der Waals surface area contributed by atoms with Gasteiger partial charge in [0.2, 0.25) is 10.0 Å². The van der Waals surface area contributed by atoms with Crippen LogP contribution in [0.2, 0.25) is 0 Å². The molecule has 2 heterocycles. The third-order valence-electron chi connectivity index (χ3n) is 4.52. The Labute approximate surface area is 125 Å². The fourth-order valence-corrected chi connectivity index (χ4v) is 5.46. The van der Waals surface area contributed by atoms with Crippen molar-refractivity contribution in [3.05, 3.63) is 24.3 Å². The summed E-state index contributed by atoms with van der Waals surface area (Å²) in [5.74, 6) is 0.642. The van der Waals surface area contributed by atoms with Gasteiger partial charge in [0.15, 0.2) is 0 Å². The number of hydrogen-bond acceptors (Lipinski definition) is 4. The predicted octanol–water partition coefficient (Wildman–Crippen LogP) is 1.76. The standard InChI is InChI=1S/C15H21NO4S/c1-20-14-5-7-15(8-6-14)21(18,19)16-11-3-2-4-12(16)10-13(17)9-11/h5-8,11-13,17H,2-4,9-10H2,1H3/t11-,12+,13?. The Kier molecular flexibility index (Phi) is 3.94. The van der Waals surface area contributed by atoms with E-state index in [0.717, 1.165) is 19.3 Å². The lowest BCUT2D eigenvalue weighted by molar-refractivity contribution is 0.0220. The highest BCUT2D eigenvalue weighted by Gasteiger charge is 2.44. The zero-order chi connectivity index (χ0) is 15.0. The van der Waals surface area contributed by atoms with Crippen molar-refractivity contribution in [3.63, 3.8) is 0 Å². The van der Waals surface area contributed by atoms with Crippen LogP contribution in [0.1, 0.15) is 32.1 Å². The Morgan fingerprint density at radius 2 is 1.71 bits per heavy atom. The highest BCUT2D eigenvalue weighted by atomic mass is 32.2. The summed E-state index contributed by atoms with van der Waals surface area (Å²) in [6.45, 7) is 0. The van der Waals surface area contributed by atoms with E-state index in [-0.39, 0.29) is 18.2 Å². The van der Waals surface area contributed by atoms with E-state index in [1.54, 1.807) is 35.7 Å². The van der Waals surface area contributed by atoms with Gasteiger partial charge in [-0.15, -0.1) is 0 Å². The molecule has 5 nitrogen and oxygen atoms in total. The van der Waals surface area contributed by atoms with Gasteiger partial charge < -0.3 is 9.84 Å². The molecule has 0 radical (unpaired) electrons. The second kappa shape index (κ2) is 5.59. The van der Waals surface area contributed by atoms with Crippen LogP contribution in [0.25, 0.3) is 0 Å². The van der Waals surface area contributed by atoms with Crippen molar-refractivity contribution in [1.29, 1.82) is 0 Å². The quantitative estimate of drug-likeness (QED) is 0.924. The number of ether oxygens (including phenoxy) is 1. The molecule has 2 aliphatic heterocycles. The smallest absolute Gasteiger partial charge is 0.243 e. The molecule has 0 spiro atoms. The van der Waals surface area contributed by atoms with Crippen molar-refractivity contribution in [2.24, 2.45) is 0 Å². The lowest BCUT2D eigenvalue weighted by atomic mass is 9.85. The molecule has 2 aliphatic rings. The number of piperidine rings is 2. The zero-order valence-electron chi connectivity index (χ0n) is 12.1. The Morgan fingerprint density at radius 3 is 2.24 bits per heavy atom. The SMILES string of the molecule is COc1ccc(S(=O)(=O)N2[C@@H]3CCC[C@H]2CC(O)C3)cc1. The summed E-state index contributed by atoms with van der Waals surface area (Å²) in [4.78, 5) is 0.302. The van der Waals surface area contributed by atoms with Crippen LogP contribution in [0.5, 0.6) is 5.75 Å². The molecule has 1 aromatic carbocycles. The van der Waals surface area contributed by atoms with Crippen LogP contribution in [-0.2, 0) is 10.0 Å². The molecule has 0 aromatic heterocycles. The summed E-state index contributed by atoms with van der Waals surface area (Å²) in [7, 11) is -1.95. The van der Waals surface area contributed by atoms with Crippen molar-refractivity contribution in [2.75, 3.05) is 7.11 Å². The van der Waals surface area contributed by atoms with Gasteiger partial charge in [0.25, 0.3) is 0 Å². The first-order valence-electron chi connectivity index (χ1n) is 7.38. The molecule has 1 N–H and O–H groups in total. The maximum absolute atomic E-state index is 12.9. The minimum atomic E-state index is -3.50. The average molecular weight is 311 g/mol. The van der Waals surface area contributed by atoms with E-state index < -0.39 is 10.0 Å². The minimum absolute atomic E-state index is 0.0698. The second-order valence-corrected chi connectivity index (χ2v) is 7.72. The monoisotopic (exact) mass is 311 g/mol. The molecule has 1 unspecified atom stereocenters. The van der Waals surface area contributed by atoms with Crippen molar-refractivity contribution in [3.8, 4) is 5.75 Å². The van der Waals surface area contributed by atoms with E-state index in [0.29, 0.717) is 23.5 Å². The van der Waals surface area contributed by atoms with Crippen molar-refractivity contribution >= 4 is 10.0 Å². The van der Waals surface area contributed by atoms with Gasteiger partial charge in [-0.3, -0.25) is 0 Å². The minimum Gasteiger partial charge on any atom is -0.497 e. The lowest BCUT2D eigenvalue weighted by Crippen LogP contribution is -2.55. The van der Waals surface area contributed by atoms with Crippen molar-refractivity contribution in [1.82, 2.24) is 4.31 Å². The number of aliphatic hydroxyl groups excluding tert-OH is 1. The van der Waals surface area contributed by atoms with Gasteiger partial charge in [-0.05, 0) is 49.9 Å². The zero-order valence-corrected chi connectivity index (χ0v) is 12.9. The van der Waals surface area contributed by atoms with Crippen LogP contribution < -0.4 is 4.74 Å². The molecule has 0 amide bonds. The van der Waals surface area contributed by atoms with Gasteiger partial charge in [-0.2, -0.15) is 4.31 Å². The maximum Gasteiger partial charge on any atom is 0.243 e. The third kappa shape index (κ3) is 2.67. The molecule has 1 aromatic rings. The number of nitrogens with zero attached hydrogens (tertiary/aromatic N) is 1. The normalized spacial score (nSPS) is 30.1. The lowest BCUT2D eigenvalue weighted by Gasteiger charge is -2.46. The van der Waals surface area contributed by atoms with Crippen molar-refractivity contribution in [2.45, 2.75) is 55.2 Å². The predicted molar refractivity (Wildman–Crippen MR) is 78.7 cm³/mol. The molecule has 2 bridgehead atoms. The first-order valence-corrected chi connectivity index (χ1v) is 8.82. The summed E-state index contributed by atoms with van der Waals surface area (Å²) < 4.78 is 32.5. The van der Waals surface area contributed by atoms with Gasteiger partial charge in [0.1, 0.15) is 5.75 Å². The van der Waals surface area contributed by atoms with Crippen LogP contribution in [0, 0.1) is 0 Å². The number of hydrogen-bond donors (Lipinski definition) is 1. The van der Waals surface area contributed by atoms with Gasteiger partial charge in [0.05, 0.1) is 18.1 Å². The molecular formula is C15H21NO4S. The van der Waals surface area contributed by atoms with Gasteiger partial charge in [-0.1, -0.05) is 6.42 Å². The first kappa shape index (κ1) is 14.8. The number of fused-ring (bicyclic) bond motifs is 2. The van der Waals surface area contributed by atoms with Gasteiger partial charge >= 0.3 is 0 Å². The molecule has 2 fully saturated rings. The van der Waals surface area contributed by atoms with Crippen molar-refractivity contribution < 1.29 is 18.3 Å². The average Bonchev–Trinajstić information content (AvgIpc) is 2.46. The Balaban J connectivity index is 1.93. The molecule has 0 aliphatic carbocycles. The summed E-state index contributed by atoms with van der Waals surface area (Å²) in [5.41, 5.74) is 0. The largest absolute Gasteiger partial charge is 0.497 e. The van der Waals surface area contributed by atoms with Gasteiger partial charge in [-0.25, -0.2) is 8.42 Å². The summed E-state index contributed by atoms with van der Waals surface area (Å²) in [5, 5.41) is 9.90. The van der Waals surface area contributed by atoms with Gasteiger partial charge in [0, 0.05) is 12.1 Å². The molecule has 0 saturated carbocycles. The molecular weight excluding hydrogens is 290 g/mol. The molecule has 116 valence electrons. The second-order valence-electron chi connectivity index (χ2n) is 5.87. The number of aliphatic hydroxyl groups is 1. The Bertz CT molecular complexity index is 585. The van der Waals surface area contributed by atoms with Crippen LogP contribution in [0.4, 0.5) is 0 Å². The highest BCUT2D eigenvalue weighted by molar-refractivity contribution is 7.89. The van der Waals surface area contributed by atoms with E-state index in [1.807, 2.05) is 0 Å². The topological polar surface area (TPSA) is 66.8 Å². The molecule has 6 heteroatoms. The first-order chi connectivity index (χ1) is 10.0. The van der Waals surface area contributed by atoms with Crippen LogP contribution >= 0.6 is 0 Å². The number of benzene rings is 1. The van der Waals surface area contributed by atoms with E-state index in [9.17, 15) is 13.5 Å². The highest BCUT2D eigenvalue weighted by Crippen LogP contribution is 2.38. The van der Waals surface area contributed by atoms with Crippen LogP contribution in [0.3, 0.4) is 0 Å². The summed E-state index contributed by atoms with van der Waals surface area (Å²) in [6, 6.07) is 6.38. The summed E-state index contributed by atoms with van der Waals surface area (Å²) >= 11 is 0. The van der Waals surface area contributed by atoms with Crippen LogP contribution in [-0.4, -0.2) is 43.1 Å². The molecule has 2 saturated heterocycles. The fourth-order valence-electron chi connectivity index (χ4n) is 3.57. The number of rotatable bonds is 3. The van der Waals surface area contributed by atoms with Crippen LogP contribution in [0.15, 0.2) is 29.2 Å². The molecule has 21 heavy (non-hydrogen) atoms. The fraction of sp³-hybridized carbons (Fsp3) is 0.600. The number of methoxy groups -OCH3 is 1. The van der Waals surface area contributed by atoms with E-state index >= 15 is 0 Å². The maximum atomic E-state index is 12.9. The number of sulfonamides is 1. The molecule has 3 rings (SSSR count). The van der Waals surface area contributed by atoms with E-state index in [2.05, 4.69) is 0 Å². The molecule has 3 atom stereocenters. The van der Waals surface area contributed by atoms with E-state index in [4.69, 9.17) is 4.74 Å². The summed E-state index contributed by atoms with van der Waals surface area (Å²) in [6.07, 6.45) is 3.43.